The highest BCUT2D eigenvalue weighted by Crippen LogP contribution is 2.68. The van der Waals surface area contributed by atoms with E-state index in [0.29, 0.717) is 12.3 Å². The summed E-state index contributed by atoms with van der Waals surface area (Å²) >= 11 is 6.58. The van der Waals surface area contributed by atoms with E-state index in [4.69, 9.17) is 11.6 Å². The molecule has 1 fully saturated rings. The van der Waals surface area contributed by atoms with E-state index in [1.165, 1.54) is 13.8 Å². The fourth-order valence-corrected chi connectivity index (χ4v) is 9.65. The van der Waals surface area contributed by atoms with Gasteiger partial charge in [-0.3, -0.25) is 19.0 Å². The molecule has 3 amide bonds. The summed E-state index contributed by atoms with van der Waals surface area (Å²) in [7, 11) is -8.86. The Morgan fingerprint density at radius 3 is 2.14 bits per heavy atom. The lowest BCUT2D eigenvalue weighted by atomic mass is 9.93. The number of anilines is 1. The third kappa shape index (κ3) is 10.5. The van der Waals surface area contributed by atoms with Gasteiger partial charge in [0.05, 0.1) is 33.9 Å². The number of amides is 3. The number of nitrogens with one attached hydrogen (secondary N) is 2. The van der Waals surface area contributed by atoms with Crippen LogP contribution in [0, 0.1) is 29.4 Å². The maximum absolute atomic E-state index is 15.6. The number of hydrogen-bond acceptors (Lipinski definition) is 10. The van der Waals surface area contributed by atoms with Gasteiger partial charge in [0.2, 0.25) is 15.9 Å². The number of rotatable bonds is 13. The number of fused-ring (bicyclic) bond motifs is 4. The molecule has 0 aliphatic heterocycles. The zero-order valence-corrected chi connectivity index (χ0v) is 40.0. The second-order valence-electron chi connectivity index (χ2n) is 17.6. The van der Waals surface area contributed by atoms with Crippen LogP contribution in [-0.2, 0) is 61.1 Å². The molecule has 4 atom stereocenters. The molecule has 386 valence electrons. The van der Waals surface area contributed by atoms with Gasteiger partial charge in [-0.15, -0.1) is 0 Å². The molecule has 0 spiro atoms. The lowest BCUT2D eigenvalue weighted by Gasteiger charge is -2.23. The summed E-state index contributed by atoms with van der Waals surface area (Å²) in [5.41, 5.74) is -6.22. The minimum atomic E-state index is -5.24. The molecule has 2 aliphatic rings. The molecule has 2 aromatic carbocycles. The summed E-state index contributed by atoms with van der Waals surface area (Å²) < 4.78 is 197. The monoisotopic (exact) mass is 1080 g/mol. The van der Waals surface area contributed by atoms with Gasteiger partial charge in [-0.25, -0.2) is 35.4 Å². The summed E-state index contributed by atoms with van der Waals surface area (Å²) in [4.78, 5) is 43.8. The minimum Gasteiger partial charge on any atom is -0.465 e. The van der Waals surface area contributed by atoms with E-state index < -0.39 is 166 Å². The molecule has 1 saturated carbocycles. The van der Waals surface area contributed by atoms with Crippen molar-refractivity contribution in [1.82, 2.24) is 35.2 Å². The topological polar surface area (TPSA) is 216 Å². The maximum atomic E-state index is 15.6. The molecule has 72 heavy (non-hydrogen) atoms. The van der Waals surface area contributed by atoms with Crippen LogP contribution < -0.4 is 14.9 Å². The Balaban J connectivity index is 1.50. The number of aromatic nitrogens is 5. The Hall–Kier alpha value is -6.47. The molecular weight excluding hydrogens is 1050 g/mol. The molecule has 29 heteroatoms. The number of alkyl halides is 8. The second kappa shape index (κ2) is 18.2. The van der Waals surface area contributed by atoms with Gasteiger partial charge in [0.1, 0.15) is 46.9 Å². The van der Waals surface area contributed by atoms with Crippen LogP contribution in [0.4, 0.5) is 54.5 Å². The Labute approximate surface area is 406 Å². The first-order chi connectivity index (χ1) is 33.0. The molecule has 16 nitrogen and oxygen atoms in total. The van der Waals surface area contributed by atoms with Crippen molar-refractivity contribution in [3.63, 3.8) is 0 Å². The van der Waals surface area contributed by atoms with Crippen molar-refractivity contribution in [3.05, 3.63) is 93.0 Å². The normalized spacial score (nSPS) is 17.3. The highest BCUT2D eigenvalue weighted by atomic mass is 35.5. The molecule has 5 aromatic rings. The van der Waals surface area contributed by atoms with Crippen molar-refractivity contribution in [2.45, 2.75) is 87.7 Å². The molecule has 0 saturated heterocycles. The van der Waals surface area contributed by atoms with Crippen LogP contribution in [0.25, 0.3) is 22.0 Å². The number of sulfonamides is 1. The number of benzene rings is 2. The Morgan fingerprint density at radius 2 is 1.57 bits per heavy atom. The number of nitrogens with zero attached hydrogens (tertiary/aromatic N) is 6. The van der Waals surface area contributed by atoms with Gasteiger partial charge < -0.3 is 15.7 Å². The highest BCUT2D eigenvalue weighted by Gasteiger charge is 2.68. The number of carbonyl (C=O) groups excluding carboxylic acids is 2. The van der Waals surface area contributed by atoms with Gasteiger partial charge in [0, 0.05) is 34.9 Å². The molecule has 0 bridgehead atoms. The van der Waals surface area contributed by atoms with Gasteiger partial charge in [0.15, 0.2) is 21.3 Å². The second-order valence-corrected chi connectivity index (χ2v) is 22.4. The predicted molar refractivity (Wildman–Crippen MR) is 236 cm³/mol. The van der Waals surface area contributed by atoms with E-state index in [1.807, 2.05) is 0 Å². The van der Waals surface area contributed by atoms with Crippen LogP contribution in [0.2, 0.25) is 5.02 Å². The fourth-order valence-electron chi connectivity index (χ4n) is 8.25. The summed E-state index contributed by atoms with van der Waals surface area (Å²) in [6.45, 7) is -0.0138. The third-order valence-corrected chi connectivity index (χ3v) is 15.0. The number of hydrogen-bond donors (Lipinski definition) is 3. The van der Waals surface area contributed by atoms with Crippen LogP contribution in [-0.4, -0.2) is 93.9 Å². The van der Waals surface area contributed by atoms with Crippen LogP contribution in [0.5, 0.6) is 0 Å². The van der Waals surface area contributed by atoms with Crippen molar-refractivity contribution in [1.29, 1.82) is 0 Å². The summed E-state index contributed by atoms with van der Waals surface area (Å²) in [5, 5.41) is 19.4. The van der Waals surface area contributed by atoms with E-state index >= 15 is 8.78 Å². The van der Waals surface area contributed by atoms with Gasteiger partial charge in [-0.05, 0) is 81.3 Å². The lowest BCUT2D eigenvalue weighted by Crippen LogP contribution is -2.49. The molecule has 7 rings (SSSR count). The Kier molecular flexibility index (Phi) is 13.5. The van der Waals surface area contributed by atoms with Crippen molar-refractivity contribution in [3.8, 4) is 23.0 Å². The molecule has 3 N–H and O–H groups in total. The van der Waals surface area contributed by atoms with E-state index in [2.05, 4.69) is 32.3 Å². The smallest absolute Gasteiger partial charge is 0.435 e. The summed E-state index contributed by atoms with van der Waals surface area (Å²) in [6, 6.07) is 2.61. The summed E-state index contributed by atoms with van der Waals surface area (Å²) in [5.74, 6) is -7.86. The molecule has 0 unspecified atom stereocenters. The molecule has 3 heterocycles. The van der Waals surface area contributed by atoms with E-state index in [-0.39, 0.29) is 36.9 Å². The molecule has 0 radical (unpaired) electrons. The maximum Gasteiger partial charge on any atom is 0.435 e. The quantitative estimate of drug-likeness (QED) is 0.0789. The fraction of sp³-hybridized carbons (Fsp3) is 0.395. The van der Waals surface area contributed by atoms with Gasteiger partial charge in [0.25, 0.3) is 11.8 Å². The van der Waals surface area contributed by atoms with Crippen LogP contribution >= 0.6 is 11.6 Å². The molecular formula is C43H37ClF10N8O8S2. The predicted octanol–water partition coefficient (Wildman–Crippen LogP) is 7.24. The van der Waals surface area contributed by atoms with Crippen LogP contribution in [0.15, 0.2) is 42.5 Å². The number of pyridine rings is 1. The van der Waals surface area contributed by atoms with E-state index in [0.717, 1.165) is 49.6 Å². The first kappa shape index (κ1) is 53.3. The Morgan fingerprint density at radius 1 is 0.944 bits per heavy atom. The average Bonchev–Trinajstić information content (AvgIpc) is 3.73. The zero-order chi connectivity index (χ0) is 53.6. The minimum absolute atomic E-state index is 0.0927. The van der Waals surface area contributed by atoms with E-state index in [1.54, 1.807) is 5.32 Å². The lowest BCUT2D eigenvalue weighted by molar-refractivity contribution is -0.143. The van der Waals surface area contributed by atoms with Gasteiger partial charge in [-0.2, -0.15) is 49.6 Å². The number of halogens is 11. The Bertz CT molecular complexity index is 3370. The van der Waals surface area contributed by atoms with Crippen molar-refractivity contribution >= 4 is 66.1 Å². The van der Waals surface area contributed by atoms with Gasteiger partial charge >= 0.3 is 18.4 Å². The first-order valence-corrected chi connectivity index (χ1v) is 25.0. The molecule has 2 aliphatic carbocycles. The highest BCUT2D eigenvalue weighted by molar-refractivity contribution is 7.93. The standard InChI is InChI=1S/C43H37ClF10N8O8S2/c1-19(55-39(65)66)38(64)62(72(5,69)70)37-32-28(44)9-8-25(34(32)61(59-37)18-41(47,48)49)24-7-6-23(10-11-40(2,3)71(4,67)68)56-33(24)29(14-20-12-21(45)15-22(46)13-20)57-30(63)17-60-36-31(35(58-60)43(52,53)54)26-16-27(26)42(36,50)51/h6-9,12-13,15,19,26-27,29,55H,14,16-18H2,1-5H3,(H,57,63)(H,65,66)/t19-,26-,27+,29-/m0/s1. The summed E-state index contributed by atoms with van der Waals surface area (Å²) in [6.07, 6.45) is -11.9. The van der Waals surface area contributed by atoms with Crippen LogP contribution in [0.3, 0.4) is 0 Å². The van der Waals surface area contributed by atoms with Crippen LogP contribution in [0.1, 0.15) is 73.1 Å². The number of sulfone groups is 1. The third-order valence-electron chi connectivity index (χ3n) is 11.7. The largest absolute Gasteiger partial charge is 0.465 e. The van der Waals surface area contributed by atoms with Crippen molar-refractivity contribution in [2.75, 3.05) is 16.8 Å². The van der Waals surface area contributed by atoms with E-state index in [9.17, 15) is 71.4 Å². The molecule has 3 aromatic heterocycles. The zero-order valence-electron chi connectivity index (χ0n) is 37.6. The number of carbonyl (C=O) groups is 3. The first-order valence-electron chi connectivity index (χ1n) is 20.8. The number of carboxylic acid groups (broad SMARTS) is 1. The van der Waals surface area contributed by atoms with Crippen molar-refractivity contribution < 1.29 is 80.2 Å². The SMILES string of the molecule is C[C@H](NC(=O)O)C(=O)N(c1nn(CC(F)(F)F)c2c(-c3ccc(C#CC(C)(C)S(C)(=O)=O)nc3[C@H](Cc3cc(F)cc(F)c3)NC(=O)Cn3nc(C(F)(F)F)c4c3C(F)(F)[C@@H]3C[C@H]43)ccc(Cl)c12)S(C)(=O)=O. The van der Waals surface area contributed by atoms with Gasteiger partial charge in [-0.1, -0.05) is 23.6 Å². The average molecular weight is 1080 g/mol. The van der Waals surface area contributed by atoms with Crippen molar-refractivity contribution in [2.24, 2.45) is 5.92 Å².